The van der Waals surface area contributed by atoms with Gasteiger partial charge in [-0.05, 0) is 43.7 Å². The van der Waals surface area contributed by atoms with Gasteiger partial charge in [-0.3, -0.25) is 4.79 Å². The van der Waals surface area contributed by atoms with Gasteiger partial charge in [-0.2, -0.15) is 0 Å². The average Bonchev–Trinajstić information content (AvgIpc) is 2.90. The summed E-state index contributed by atoms with van der Waals surface area (Å²) in [6.07, 6.45) is -7.15. The van der Waals surface area contributed by atoms with Crippen LogP contribution in [0.3, 0.4) is 0 Å². The van der Waals surface area contributed by atoms with Crippen molar-refractivity contribution in [3.05, 3.63) is 59.4 Å². The number of carbonyl (C=O) groups is 1. The van der Waals surface area contributed by atoms with E-state index < -0.39 is 36.0 Å². The lowest BCUT2D eigenvalue weighted by atomic mass is 10.0. The lowest BCUT2D eigenvalue weighted by Gasteiger charge is -2.27. The molecular weight excluding hydrogens is 409 g/mol. The zero-order chi connectivity index (χ0) is 22.1. The lowest BCUT2D eigenvalue weighted by molar-refractivity contribution is -0.274. The Labute approximate surface area is 170 Å². The molecule has 0 N–H and O–H groups in total. The molecule has 0 aromatic heterocycles. The monoisotopic (exact) mass is 429 g/mol. The summed E-state index contributed by atoms with van der Waals surface area (Å²) in [6.45, 7) is 3.41. The van der Waals surface area contributed by atoms with Gasteiger partial charge in [0.1, 0.15) is 17.3 Å². The summed E-state index contributed by atoms with van der Waals surface area (Å²) >= 11 is 0. The predicted molar refractivity (Wildman–Crippen MR) is 98.1 cm³/mol. The van der Waals surface area contributed by atoms with Gasteiger partial charge in [0, 0.05) is 13.0 Å². The summed E-state index contributed by atoms with van der Waals surface area (Å²) in [4.78, 5) is 13.6. The summed E-state index contributed by atoms with van der Waals surface area (Å²) in [7, 11) is 0. The van der Waals surface area contributed by atoms with Crippen molar-refractivity contribution < 1.29 is 36.2 Å². The van der Waals surface area contributed by atoms with Crippen LogP contribution in [0.4, 0.5) is 22.0 Å². The number of likely N-dealkylation sites (tertiary alicyclic amines) is 1. The standard InChI is InChI=1S/C21H20F5NO3/c1-12(2)29-18-5-3-4-15(22)19(18)17-10-16(23)20(28)27(17)11-13-6-8-14(9-7-13)30-21(24,25)26/h3-9,12,16-17H,10-11H2,1-2H3/t16-,17+/m0/s1. The van der Waals surface area contributed by atoms with Crippen LogP contribution in [0.25, 0.3) is 0 Å². The van der Waals surface area contributed by atoms with Crippen LogP contribution in [-0.2, 0) is 11.3 Å². The lowest BCUT2D eigenvalue weighted by Crippen LogP contribution is -2.30. The average molecular weight is 429 g/mol. The van der Waals surface area contributed by atoms with Gasteiger partial charge in [0.15, 0.2) is 6.17 Å². The summed E-state index contributed by atoms with van der Waals surface area (Å²) in [5.74, 6) is -1.63. The molecule has 2 aromatic carbocycles. The van der Waals surface area contributed by atoms with E-state index in [4.69, 9.17) is 4.74 Å². The Morgan fingerprint density at radius 3 is 2.40 bits per heavy atom. The van der Waals surface area contributed by atoms with Gasteiger partial charge in [0.25, 0.3) is 5.91 Å². The third kappa shape index (κ3) is 5.01. The fourth-order valence-corrected chi connectivity index (χ4v) is 3.41. The minimum Gasteiger partial charge on any atom is -0.491 e. The molecule has 1 aliphatic heterocycles. The van der Waals surface area contributed by atoms with Crippen LogP contribution in [0.2, 0.25) is 0 Å². The first-order valence-electron chi connectivity index (χ1n) is 9.29. The Balaban J connectivity index is 1.88. The second-order valence-corrected chi connectivity index (χ2v) is 7.20. The molecule has 30 heavy (non-hydrogen) atoms. The molecule has 1 aliphatic rings. The minimum atomic E-state index is -4.82. The van der Waals surface area contributed by atoms with Crippen molar-refractivity contribution in [1.82, 2.24) is 4.90 Å². The van der Waals surface area contributed by atoms with Crippen LogP contribution in [0, 0.1) is 5.82 Å². The summed E-state index contributed by atoms with van der Waals surface area (Å²) in [5, 5.41) is 0. The smallest absolute Gasteiger partial charge is 0.491 e. The molecule has 1 fully saturated rings. The minimum absolute atomic E-state index is 0.0803. The van der Waals surface area contributed by atoms with Gasteiger partial charge in [-0.15, -0.1) is 13.2 Å². The maximum atomic E-state index is 14.7. The highest BCUT2D eigenvalue weighted by molar-refractivity contribution is 5.84. The van der Waals surface area contributed by atoms with Crippen LogP contribution in [0.15, 0.2) is 42.5 Å². The van der Waals surface area contributed by atoms with Crippen molar-refractivity contribution >= 4 is 5.91 Å². The summed E-state index contributed by atoms with van der Waals surface area (Å²) in [6, 6.07) is 8.19. The fourth-order valence-electron chi connectivity index (χ4n) is 3.41. The summed E-state index contributed by atoms with van der Waals surface area (Å²) in [5.41, 5.74) is 0.524. The molecule has 2 atom stereocenters. The van der Waals surface area contributed by atoms with Crippen molar-refractivity contribution in [2.75, 3.05) is 0 Å². The number of hydrogen-bond acceptors (Lipinski definition) is 3. The maximum absolute atomic E-state index is 14.7. The highest BCUT2D eigenvalue weighted by Gasteiger charge is 2.43. The molecule has 1 amide bonds. The molecular formula is C21H20F5NO3. The number of rotatable bonds is 6. The topological polar surface area (TPSA) is 38.8 Å². The van der Waals surface area contributed by atoms with Crippen molar-refractivity contribution in [2.45, 2.75) is 51.5 Å². The Morgan fingerprint density at radius 1 is 1.13 bits per heavy atom. The maximum Gasteiger partial charge on any atom is 0.573 e. The number of halogens is 5. The van der Waals surface area contributed by atoms with Gasteiger partial charge in [0.2, 0.25) is 0 Å². The largest absolute Gasteiger partial charge is 0.573 e. The number of nitrogens with zero attached hydrogens (tertiary/aromatic N) is 1. The van der Waals surface area contributed by atoms with E-state index in [1.54, 1.807) is 19.9 Å². The highest BCUT2D eigenvalue weighted by Crippen LogP contribution is 2.41. The first-order chi connectivity index (χ1) is 14.0. The quantitative estimate of drug-likeness (QED) is 0.584. The van der Waals surface area contributed by atoms with E-state index in [0.29, 0.717) is 5.56 Å². The second kappa shape index (κ2) is 8.49. The zero-order valence-electron chi connectivity index (χ0n) is 16.2. The Kier molecular flexibility index (Phi) is 6.19. The molecule has 0 radical (unpaired) electrons. The number of benzene rings is 2. The van der Waals surface area contributed by atoms with Gasteiger partial charge < -0.3 is 14.4 Å². The Bertz CT molecular complexity index is 899. The first kappa shape index (κ1) is 21.9. The van der Waals surface area contributed by atoms with E-state index in [0.717, 1.165) is 12.1 Å². The normalized spacial score (nSPS) is 19.5. The number of ether oxygens (including phenoxy) is 2. The van der Waals surface area contributed by atoms with Crippen LogP contribution < -0.4 is 9.47 Å². The van der Waals surface area contributed by atoms with E-state index in [2.05, 4.69) is 4.74 Å². The van der Waals surface area contributed by atoms with E-state index in [1.165, 1.54) is 29.2 Å². The van der Waals surface area contributed by atoms with Crippen LogP contribution >= 0.6 is 0 Å². The van der Waals surface area contributed by atoms with E-state index in [9.17, 15) is 26.7 Å². The van der Waals surface area contributed by atoms with Gasteiger partial charge >= 0.3 is 6.36 Å². The molecule has 4 nitrogen and oxygen atoms in total. The Morgan fingerprint density at radius 2 is 1.80 bits per heavy atom. The third-order valence-corrected chi connectivity index (χ3v) is 4.58. The van der Waals surface area contributed by atoms with E-state index in [-0.39, 0.29) is 30.4 Å². The number of amides is 1. The number of hydrogen-bond donors (Lipinski definition) is 0. The van der Waals surface area contributed by atoms with E-state index >= 15 is 0 Å². The highest BCUT2D eigenvalue weighted by atomic mass is 19.4. The SMILES string of the molecule is CC(C)Oc1cccc(F)c1[C@H]1C[C@H](F)C(=O)N1Cc1ccc(OC(F)(F)F)cc1. The van der Waals surface area contributed by atoms with Crippen LogP contribution in [-0.4, -0.2) is 29.4 Å². The fraction of sp³-hybridized carbons (Fsp3) is 0.381. The number of alkyl halides is 4. The molecule has 0 aliphatic carbocycles. The molecule has 1 saturated heterocycles. The first-order valence-corrected chi connectivity index (χ1v) is 9.29. The van der Waals surface area contributed by atoms with Gasteiger partial charge in [0.05, 0.1) is 17.7 Å². The third-order valence-electron chi connectivity index (χ3n) is 4.58. The molecule has 2 aromatic rings. The van der Waals surface area contributed by atoms with E-state index in [1.807, 2.05) is 0 Å². The van der Waals surface area contributed by atoms with Crippen molar-refractivity contribution in [3.8, 4) is 11.5 Å². The molecule has 0 bridgehead atoms. The van der Waals surface area contributed by atoms with Crippen molar-refractivity contribution in [3.63, 3.8) is 0 Å². The molecule has 3 rings (SSSR count). The van der Waals surface area contributed by atoms with Crippen LogP contribution in [0.1, 0.15) is 37.4 Å². The molecule has 0 saturated carbocycles. The molecule has 9 heteroatoms. The summed E-state index contributed by atoms with van der Waals surface area (Å²) < 4.78 is 75.3. The molecule has 0 spiro atoms. The predicted octanol–water partition coefficient (Wildman–Crippen LogP) is 5.32. The van der Waals surface area contributed by atoms with Gasteiger partial charge in [-0.1, -0.05) is 18.2 Å². The van der Waals surface area contributed by atoms with Crippen molar-refractivity contribution in [2.24, 2.45) is 0 Å². The van der Waals surface area contributed by atoms with Crippen molar-refractivity contribution in [1.29, 1.82) is 0 Å². The zero-order valence-corrected chi connectivity index (χ0v) is 16.2. The van der Waals surface area contributed by atoms with Crippen LogP contribution in [0.5, 0.6) is 11.5 Å². The second-order valence-electron chi connectivity index (χ2n) is 7.20. The van der Waals surface area contributed by atoms with Gasteiger partial charge in [-0.25, -0.2) is 8.78 Å². The molecule has 0 unspecified atom stereocenters. The number of carbonyl (C=O) groups excluding carboxylic acids is 1. The molecule has 1 heterocycles. The Hall–Kier alpha value is -2.84. The molecule has 162 valence electrons.